The van der Waals surface area contributed by atoms with E-state index in [-0.39, 0.29) is 11.8 Å². The quantitative estimate of drug-likeness (QED) is 0.704. The minimum Gasteiger partial charge on any atom is -0.434 e. The van der Waals surface area contributed by atoms with Crippen molar-refractivity contribution in [2.75, 3.05) is 5.32 Å². The van der Waals surface area contributed by atoms with Crippen LogP contribution in [0.3, 0.4) is 0 Å². The van der Waals surface area contributed by atoms with Gasteiger partial charge in [0.05, 0.1) is 6.04 Å². The molecular weight excluding hydrogens is 364 g/mol. The van der Waals surface area contributed by atoms with Crippen LogP contribution in [0.15, 0.2) is 46.9 Å². The van der Waals surface area contributed by atoms with E-state index in [2.05, 4.69) is 26.0 Å². The molecule has 2 rings (SSSR count). The lowest BCUT2D eigenvalue weighted by Gasteiger charge is -2.20. The lowest BCUT2D eigenvalue weighted by molar-refractivity contribution is -0.0505. The van der Waals surface area contributed by atoms with Crippen molar-refractivity contribution in [3.05, 3.63) is 57.5 Å². The second kappa shape index (κ2) is 7.09. The standard InChI is InChI=1S/C15H13BrClF2NO/c1-9(20-13-7-6-10(17)8-12(13)16)11-4-2-3-5-14(11)21-15(18)19/h2-9,15,20H,1H3. The summed E-state index contributed by atoms with van der Waals surface area (Å²) in [5, 5.41) is 3.85. The summed E-state index contributed by atoms with van der Waals surface area (Å²) in [6.07, 6.45) is 0. The van der Waals surface area contributed by atoms with E-state index >= 15 is 0 Å². The number of hydrogen-bond acceptors (Lipinski definition) is 2. The van der Waals surface area contributed by atoms with Gasteiger partial charge in [-0.25, -0.2) is 0 Å². The van der Waals surface area contributed by atoms with Gasteiger partial charge in [0.25, 0.3) is 0 Å². The topological polar surface area (TPSA) is 21.3 Å². The lowest BCUT2D eigenvalue weighted by Crippen LogP contribution is -2.11. The molecule has 0 aromatic heterocycles. The second-order valence-electron chi connectivity index (χ2n) is 4.41. The Hall–Kier alpha value is -1.33. The fourth-order valence-electron chi connectivity index (χ4n) is 1.96. The molecule has 0 fully saturated rings. The average molecular weight is 377 g/mol. The van der Waals surface area contributed by atoms with Crippen molar-refractivity contribution in [3.8, 4) is 5.75 Å². The van der Waals surface area contributed by atoms with Crippen LogP contribution in [0, 0.1) is 0 Å². The van der Waals surface area contributed by atoms with Crippen LogP contribution < -0.4 is 10.1 Å². The molecule has 1 N–H and O–H groups in total. The molecule has 0 saturated heterocycles. The first-order chi connectivity index (χ1) is 9.97. The Morgan fingerprint density at radius 3 is 2.57 bits per heavy atom. The van der Waals surface area contributed by atoms with Crippen LogP contribution >= 0.6 is 27.5 Å². The Morgan fingerprint density at radius 1 is 1.19 bits per heavy atom. The minimum atomic E-state index is -2.85. The summed E-state index contributed by atoms with van der Waals surface area (Å²) in [5.74, 6) is 0.164. The van der Waals surface area contributed by atoms with E-state index in [1.54, 1.807) is 30.3 Å². The Bertz CT molecular complexity index is 624. The first-order valence-electron chi connectivity index (χ1n) is 6.22. The second-order valence-corrected chi connectivity index (χ2v) is 5.70. The summed E-state index contributed by atoms with van der Waals surface area (Å²) < 4.78 is 30.2. The highest BCUT2D eigenvalue weighted by Crippen LogP contribution is 2.32. The monoisotopic (exact) mass is 375 g/mol. The molecule has 0 amide bonds. The zero-order chi connectivity index (χ0) is 15.4. The third-order valence-corrected chi connectivity index (χ3v) is 3.80. The number of benzene rings is 2. The number of para-hydroxylation sites is 1. The summed E-state index contributed by atoms with van der Waals surface area (Å²) >= 11 is 9.30. The van der Waals surface area contributed by atoms with Gasteiger partial charge < -0.3 is 10.1 Å². The lowest BCUT2D eigenvalue weighted by atomic mass is 10.1. The fourth-order valence-corrected chi connectivity index (χ4v) is 2.76. The van der Waals surface area contributed by atoms with Gasteiger partial charge in [0, 0.05) is 20.7 Å². The number of ether oxygens (including phenoxy) is 1. The summed E-state index contributed by atoms with van der Waals surface area (Å²) in [4.78, 5) is 0. The van der Waals surface area contributed by atoms with Gasteiger partial charge in [-0.15, -0.1) is 0 Å². The van der Waals surface area contributed by atoms with Gasteiger partial charge in [-0.1, -0.05) is 29.8 Å². The van der Waals surface area contributed by atoms with E-state index < -0.39 is 6.61 Å². The number of nitrogens with one attached hydrogen (secondary N) is 1. The molecule has 21 heavy (non-hydrogen) atoms. The number of alkyl halides is 2. The van der Waals surface area contributed by atoms with E-state index in [4.69, 9.17) is 11.6 Å². The molecule has 2 aromatic rings. The SMILES string of the molecule is CC(Nc1ccc(Cl)cc1Br)c1ccccc1OC(F)F. The Balaban J connectivity index is 2.22. The third kappa shape index (κ3) is 4.32. The highest BCUT2D eigenvalue weighted by atomic mass is 79.9. The minimum absolute atomic E-state index is 0.164. The first-order valence-corrected chi connectivity index (χ1v) is 7.40. The zero-order valence-electron chi connectivity index (χ0n) is 11.1. The van der Waals surface area contributed by atoms with Crippen LogP contribution in [0.5, 0.6) is 5.75 Å². The molecule has 0 aliphatic heterocycles. The molecule has 6 heteroatoms. The Labute approximate surface area is 135 Å². The van der Waals surface area contributed by atoms with Crippen LogP contribution in [-0.4, -0.2) is 6.61 Å². The molecule has 112 valence electrons. The average Bonchev–Trinajstić information content (AvgIpc) is 2.42. The van der Waals surface area contributed by atoms with Gasteiger partial charge in [0.2, 0.25) is 0 Å². The summed E-state index contributed by atoms with van der Waals surface area (Å²) in [6.45, 7) is -0.977. The molecule has 1 atom stereocenters. The van der Waals surface area contributed by atoms with Crippen molar-refractivity contribution in [3.63, 3.8) is 0 Å². The number of anilines is 1. The maximum absolute atomic E-state index is 12.4. The molecule has 0 radical (unpaired) electrons. The van der Waals surface area contributed by atoms with Crippen molar-refractivity contribution >= 4 is 33.2 Å². The number of hydrogen-bond donors (Lipinski definition) is 1. The van der Waals surface area contributed by atoms with Crippen molar-refractivity contribution in [1.82, 2.24) is 0 Å². The van der Waals surface area contributed by atoms with Crippen LogP contribution in [0.2, 0.25) is 5.02 Å². The van der Waals surface area contributed by atoms with E-state index in [9.17, 15) is 8.78 Å². The molecule has 0 aliphatic rings. The van der Waals surface area contributed by atoms with Gasteiger partial charge in [0.15, 0.2) is 0 Å². The summed E-state index contributed by atoms with van der Waals surface area (Å²) in [6, 6.07) is 11.8. The van der Waals surface area contributed by atoms with Gasteiger partial charge in [0.1, 0.15) is 5.75 Å². The maximum atomic E-state index is 12.4. The Kier molecular flexibility index (Phi) is 5.42. The van der Waals surface area contributed by atoms with Crippen molar-refractivity contribution < 1.29 is 13.5 Å². The maximum Gasteiger partial charge on any atom is 0.387 e. The molecule has 0 heterocycles. The van der Waals surface area contributed by atoms with Crippen molar-refractivity contribution in [1.29, 1.82) is 0 Å². The molecule has 0 saturated carbocycles. The number of rotatable bonds is 5. The Morgan fingerprint density at radius 2 is 1.90 bits per heavy atom. The van der Waals surface area contributed by atoms with E-state index in [1.807, 2.05) is 13.0 Å². The third-order valence-electron chi connectivity index (χ3n) is 2.90. The van der Waals surface area contributed by atoms with Gasteiger partial charge in [-0.05, 0) is 47.1 Å². The first kappa shape index (κ1) is 16.0. The van der Waals surface area contributed by atoms with Crippen LogP contribution in [0.25, 0.3) is 0 Å². The van der Waals surface area contributed by atoms with Crippen molar-refractivity contribution in [2.24, 2.45) is 0 Å². The highest BCUT2D eigenvalue weighted by molar-refractivity contribution is 9.10. The smallest absolute Gasteiger partial charge is 0.387 e. The van der Waals surface area contributed by atoms with Gasteiger partial charge in [-0.3, -0.25) is 0 Å². The zero-order valence-corrected chi connectivity index (χ0v) is 13.5. The molecular formula is C15H13BrClF2NO. The van der Waals surface area contributed by atoms with E-state index in [1.165, 1.54) is 6.07 Å². The van der Waals surface area contributed by atoms with Gasteiger partial charge >= 0.3 is 6.61 Å². The van der Waals surface area contributed by atoms with Crippen LogP contribution in [0.4, 0.5) is 14.5 Å². The largest absolute Gasteiger partial charge is 0.434 e. The molecule has 1 unspecified atom stereocenters. The van der Waals surface area contributed by atoms with E-state index in [0.29, 0.717) is 10.6 Å². The predicted molar refractivity (Wildman–Crippen MR) is 84.3 cm³/mol. The molecule has 2 nitrogen and oxygen atoms in total. The number of halogens is 4. The van der Waals surface area contributed by atoms with Crippen molar-refractivity contribution in [2.45, 2.75) is 19.6 Å². The predicted octanol–water partition coefficient (Wildman–Crippen LogP) is 5.88. The molecule has 0 bridgehead atoms. The summed E-state index contributed by atoms with van der Waals surface area (Å²) in [7, 11) is 0. The van der Waals surface area contributed by atoms with Crippen LogP contribution in [-0.2, 0) is 0 Å². The van der Waals surface area contributed by atoms with Crippen LogP contribution in [0.1, 0.15) is 18.5 Å². The van der Waals surface area contributed by atoms with E-state index in [0.717, 1.165) is 10.2 Å². The summed E-state index contributed by atoms with van der Waals surface area (Å²) in [5.41, 5.74) is 1.47. The highest BCUT2D eigenvalue weighted by Gasteiger charge is 2.15. The molecule has 0 spiro atoms. The molecule has 2 aromatic carbocycles. The van der Waals surface area contributed by atoms with Gasteiger partial charge in [-0.2, -0.15) is 8.78 Å². The molecule has 0 aliphatic carbocycles. The normalized spacial score (nSPS) is 12.3. The fraction of sp³-hybridized carbons (Fsp3) is 0.200.